The standard InChI is InChI=1S/C44H47FN10O18P2/c45-26-10-6-24(7-11-26)17-32(56)51-27-12-8-25(9-13-27)18-67-44(61)52-28(16-23-4-2-1-3-5-23)42(59)72-36-29(70-41(34(36)57)55-22-50-33-38(47)48-21-49-39(33)55)20-69-75(65,66)73-37-30(19-68-74(62,63)64)71-40(35(37)58)54-15-14-31(46)53-43(54)60/h1-15,21-22,28-30,34-37,40-41,57-58H,16-20H2,(H,51,56)(H,52,61)(H,65,66)(H2,46,53,60)(H2,47,48,49)(H2,62,63,64)/t28-,29+,30+,34-,35-,36-,37-,40+,41+/m0/s1. The smallest absolute Gasteiger partial charge is 0.455 e. The van der Waals surface area contributed by atoms with Crippen molar-refractivity contribution in [3.63, 3.8) is 0 Å². The van der Waals surface area contributed by atoms with Crippen LogP contribution in [0, 0.1) is 5.82 Å². The van der Waals surface area contributed by atoms with Gasteiger partial charge in [0.25, 0.3) is 0 Å². The number of ether oxygens (including phenoxy) is 4. The van der Waals surface area contributed by atoms with E-state index >= 15 is 0 Å². The van der Waals surface area contributed by atoms with E-state index in [0.29, 0.717) is 22.4 Å². The first-order chi connectivity index (χ1) is 35.7. The van der Waals surface area contributed by atoms with Crippen molar-refractivity contribution in [1.82, 2.24) is 34.4 Å². The molecule has 28 nitrogen and oxygen atoms in total. The summed E-state index contributed by atoms with van der Waals surface area (Å²) in [6, 6.07) is 19.8. The van der Waals surface area contributed by atoms with E-state index in [9.17, 15) is 57.6 Å². The Morgan fingerprint density at radius 3 is 2.15 bits per heavy atom. The van der Waals surface area contributed by atoms with Gasteiger partial charge in [0.15, 0.2) is 30.0 Å². The highest BCUT2D eigenvalue weighted by Gasteiger charge is 2.52. The van der Waals surface area contributed by atoms with Crippen LogP contribution in [0.1, 0.15) is 29.1 Å². The number of aromatic nitrogens is 6. The minimum atomic E-state index is -5.49. The molecule has 2 amide bonds. The number of carbonyl (C=O) groups is 3. The van der Waals surface area contributed by atoms with Crippen LogP contribution in [-0.2, 0) is 70.7 Å². The second kappa shape index (κ2) is 23.2. The number of halogens is 1. The van der Waals surface area contributed by atoms with Crippen LogP contribution in [0.4, 0.5) is 26.5 Å². The molecule has 31 heteroatoms. The number of fused-ring (bicyclic) bond motifs is 1. The molecule has 0 spiro atoms. The number of anilines is 3. The maximum Gasteiger partial charge on any atom is 0.472 e. The Morgan fingerprint density at radius 1 is 0.800 bits per heavy atom. The molecule has 2 fully saturated rings. The lowest BCUT2D eigenvalue weighted by molar-refractivity contribution is -0.159. The Hall–Kier alpha value is -7.11. The highest BCUT2D eigenvalue weighted by Crippen LogP contribution is 2.50. The highest BCUT2D eigenvalue weighted by molar-refractivity contribution is 7.47. The van der Waals surface area contributed by atoms with E-state index in [1.807, 2.05) is 0 Å². The zero-order chi connectivity index (χ0) is 53.6. The zero-order valence-electron chi connectivity index (χ0n) is 38.7. The number of aliphatic hydroxyl groups is 2. The molecule has 11 N–H and O–H groups in total. The van der Waals surface area contributed by atoms with Gasteiger partial charge in [-0.3, -0.25) is 27.5 Å². The Labute approximate surface area is 422 Å². The number of esters is 1. The molecule has 3 aromatic heterocycles. The fraction of sp³-hybridized carbons (Fsp3) is 0.318. The van der Waals surface area contributed by atoms with Gasteiger partial charge in [0.1, 0.15) is 66.6 Å². The van der Waals surface area contributed by atoms with Crippen molar-refractivity contribution in [2.75, 3.05) is 30.0 Å². The second-order valence-electron chi connectivity index (χ2n) is 16.8. The maximum absolute atomic E-state index is 14.3. The lowest BCUT2D eigenvalue weighted by atomic mass is 10.1. The average molecular weight is 1080 g/mol. The van der Waals surface area contributed by atoms with Gasteiger partial charge < -0.3 is 65.9 Å². The number of hydrogen-bond acceptors (Lipinski definition) is 21. The highest BCUT2D eigenvalue weighted by atomic mass is 31.2. The van der Waals surface area contributed by atoms with E-state index in [1.54, 1.807) is 54.6 Å². The third-order valence-electron chi connectivity index (χ3n) is 11.5. The molecular formula is C44H47FN10O18P2. The van der Waals surface area contributed by atoms with E-state index < -0.39 is 108 Å². The van der Waals surface area contributed by atoms with Crippen molar-refractivity contribution in [3.8, 4) is 0 Å². The van der Waals surface area contributed by atoms with Crippen molar-refractivity contribution in [2.45, 2.75) is 74.6 Å². The quantitative estimate of drug-likeness (QED) is 0.0382. The summed E-state index contributed by atoms with van der Waals surface area (Å²) in [7, 11) is -10.7. The summed E-state index contributed by atoms with van der Waals surface area (Å²) in [5.41, 5.74) is 12.7. The Kier molecular flexibility index (Phi) is 16.8. The number of nitrogens with one attached hydrogen (secondary N) is 2. The number of nitrogens with two attached hydrogens (primary N) is 2. The van der Waals surface area contributed by atoms with Gasteiger partial charge in [0.2, 0.25) is 5.91 Å². The van der Waals surface area contributed by atoms with E-state index in [1.165, 1.54) is 35.2 Å². The summed E-state index contributed by atoms with van der Waals surface area (Å²) in [5.74, 6) is -2.19. The molecule has 398 valence electrons. The minimum absolute atomic E-state index is 0.00345. The second-order valence-corrected chi connectivity index (χ2v) is 19.4. The first kappa shape index (κ1) is 54.2. The summed E-state index contributed by atoms with van der Waals surface area (Å²) in [6.45, 7) is -2.38. The van der Waals surface area contributed by atoms with Crippen molar-refractivity contribution in [1.29, 1.82) is 0 Å². The average Bonchev–Trinajstić information content (AvgIpc) is 4.03. The van der Waals surface area contributed by atoms with Crippen LogP contribution < -0.4 is 27.8 Å². The van der Waals surface area contributed by atoms with Crippen molar-refractivity contribution in [2.24, 2.45) is 0 Å². The third-order valence-corrected chi connectivity index (χ3v) is 12.9. The lowest BCUT2D eigenvalue weighted by Gasteiger charge is -2.26. The van der Waals surface area contributed by atoms with Gasteiger partial charge in [0, 0.05) is 18.3 Å². The number of imidazole rings is 1. The number of rotatable bonds is 20. The molecule has 0 saturated carbocycles. The molecule has 2 saturated heterocycles. The number of nitrogen functional groups attached to an aromatic ring is 2. The Bertz CT molecular complexity index is 3150. The van der Waals surface area contributed by atoms with E-state index in [-0.39, 0.29) is 48.2 Å². The normalized spacial score (nSPS) is 22.8. The predicted molar refractivity (Wildman–Crippen MR) is 253 cm³/mol. The van der Waals surface area contributed by atoms with Crippen LogP contribution in [0.2, 0.25) is 0 Å². The molecule has 0 bridgehead atoms. The number of hydrogen-bond donors (Lipinski definition) is 9. The monoisotopic (exact) mass is 1080 g/mol. The van der Waals surface area contributed by atoms with Gasteiger partial charge in [-0.15, -0.1) is 0 Å². The Morgan fingerprint density at radius 2 is 1.45 bits per heavy atom. The molecule has 2 aliphatic heterocycles. The fourth-order valence-corrected chi connectivity index (χ4v) is 9.22. The predicted octanol–water partition coefficient (Wildman–Crippen LogP) is 1.15. The number of nitrogens with zero attached hydrogens (tertiary/aromatic N) is 6. The molecule has 8 rings (SSSR count). The lowest BCUT2D eigenvalue weighted by Crippen LogP contribution is -2.47. The van der Waals surface area contributed by atoms with Gasteiger partial charge in [-0.2, -0.15) is 4.98 Å². The molecular weight excluding hydrogens is 1040 g/mol. The Balaban J connectivity index is 0.976. The first-order valence-corrected chi connectivity index (χ1v) is 25.3. The molecule has 0 radical (unpaired) electrons. The van der Waals surface area contributed by atoms with Gasteiger partial charge in [0.05, 0.1) is 26.0 Å². The van der Waals surface area contributed by atoms with Gasteiger partial charge in [-0.1, -0.05) is 54.6 Å². The summed E-state index contributed by atoms with van der Waals surface area (Å²) >= 11 is 0. The fourth-order valence-electron chi connectivity index (χ4n) is 7.91. The van der Waals surface area contributed by atoms with Gasteiger partial charge >= 0.3 is 33.4 Å². The topological polar surface area (TPSA) is 406 Å². The largest absolute Gasteiger partial charge is 0.472 e. The number of phosphoric acid groups is 2. The summed E-state index contributed by atoms with van der Waals surface area (Å²) in [6.07, 6.45) is -12.3. The molecule has 3 aromatic carbocycles. The molecule has 10 atom stereocenters. The maximum atomic E-state index is 14.3. The van der Waals surface area contributed by atoms with E-state index in [2.05, 4.69) is 35.1 Å². The van der Waals surface area contributed by atoms with Crippen LogP contribution in [0.5, 0.6) is 0 Å². The molecule has 1 unspecified atom stereocenters. The summed E-state index contributed by atoms with van der Waals surface area (Å²) < 4.78 is 78.6. The number of amides is 2. The number of alkyl carbamates (subject to hydrolysis) is 1. The number of phosphoric ester groups is 2. The van der Waals surface area contributed by atoms with Crippen molar-refractivity contribution in [3.05, 3.63) is 137 Å². The van der Waals surface area contributed by atoms with Crippen LogP contribution in [-0.4, -0.2) is 128 Å². The third kappa shape index (κ3) is 13.8. The van der Waals surface area contributed by atoms with E-state index in [4.69, 9.17) is 39.5 Å². The van der Waals surface area contributed by atoms with Gasteiger partial charge in [-0.05, 0) is 47.0 Å². The molecule has 6 aromatic rings. The zero-order valence-corrected chi connectivity index (χ0v) is 40.5. The van der Waals surface area contributed by atoms with E-state index in [0.717, 1.165) is 23.2 Å². The molecule has 75 heavy (non-hydrogen) atoms. The van der Waals surface area contributed by atoms with Crippen LogP contribution in [0.25, 0.3) is 11.2 Å². The van der Waals surface area contributed by atoms with Crippen LogP contribution in [0.3, 0.4) is 0 Å². The van der Waals surface area contributed by atoms with Crippen LogP contribution in [0.15, 0.2) is 109 Å². The first-order valence-electron chi connectivity index (χ1n) is 22.3. The van der Waals surface area contributed by atoms with Crippen molar-refractivity contribution >= 4 is 62.1 Å². The van der Waals surface area contributed by atoms with Crippen LogP contribution >= 0.6 is 15.6 Å². The number of benzene rings is 3. The number of aliphatic hydroxyl groups excluding tert-OH is 2. The van der Waals surface area contributed by atoms with Crippen molar-refractivity contribution < 1.29 is 85.3 Å². The molecule has 5 heterocycles. The molecule has 2 aliphatic rings. The number of carbonyl (C=O) groups excluding carboxylic acids is 3. The summed E-state index contributed by atoms with van der Waals surface area (Å²) in [5, 5.41) is 28.3. The van der Waals surface area contributed by atoms with Gasteiger partial charge in [-0.25, -0.2) is 42.9 Å². The summed E-state index contributed by atoms with van der Waals surface area (Å²) in [4.78, 5) is 98.4. The molecule has 0 aliphatic carbocycles. The minimum Gasteiger partial charge on any atom is -0.455 e. The SMILES string of the molecule is Nc1ccn([C@@H]2O[C@H](COP(=O)(O)O)[C@H](OP(=O)(O)OC[C@H]3O[C@@H](n4cnc5c(N)ncnc54)[C@@H](O)[C@H]3OC(=O)[C@H](Cc3ccccc3)NC(=O)OCc3ccc(NC(=O)Cc4ccc(F)cc4)cc3)[C@@H]2O)c(=O)n1.